The third kappa shape index (κ3) is 1.41. The van der Waals surface area contributed by atoms with E-state index in [0.29, 0.717) is 4.41 Å². The lowest BCUT2D eigenvalue weighted by atomic mass is 10.6. The molecular formula is C3H6N4OS. The van der Waals surface area contributed by atoms with Crippen LogP contribution < -0.4 is 10.3 Å². The van der Waals surface area contributed by atoms with Crippen LogP contribution in [0.15, 0.2) is 5.10 Å². The minimum atomic E-state index is -0.302. The molecule has 5 nitrogen and oxygen atoms in total. The molecule has 1 heterocycles. The highest BCUT2D eigenvalue weighted by Crippen LogP contribution is 1.74. The molecule has 0 aromatic carbocycles. The predicted octanol–water partition coefficient (Wildman–Crippen LogP) is -3.01. The molecule has 0 saturated heterocycles. The fraction of sp³-hybridized carbons (Fsp3) is 0.333. The number of amides is 1. The van der Waals surface area contributed by atoms with Crippen LogP contribution in [0.4, 0.5) is 0 Å². The fourth-order valence-electron chi connectivity index (χ4n) is 0.466. The molecule has 1 unspecified atom stereocenters. The summed E-state index contributed by atoms with van der Waals surface area (Å²) in [5.74, 6) is 4.87. The average molecular weight is 146 g/mol. The first-order valence-corrected chi connectivity index (χ1v) is 2.74. The molecule has 1 rings (SSSR count). The first kappa shape index (κ1) is 6.53. The molecule has 0 bridgehead atoms. The minimum absolute atomic E-state index is 0.255. The average Bonchev–Trinajstić information content (AvgIpc) is 1.80. The second-order valence-electron chi connectivity index (χ2n) is 1.62. The topological polar surface area (TPSA) is 63.1 Å². The number of carbonyl (C=O) groups excluding carboxylic acids is 1. The Morgan fingerprint density at radius 2 is 2.67 bits per heavy atom. The maximum Gasteiger partial charge on any atom is 0.288 e. The molecule has 0 radical (unpaired) electrons. The Bertz CT molecular complexity index is 158. The van der Waals surface area contributed by atoms with Gasteiger partial charge in [0.25, 0.3) is 5.91 Å². The zero-order valence-corrected chi connectivity index (χ0v) is 5.39. The minimum Gasteiger partial charge on any atom is -0.461 e. The van der Waals surface area contributed by atoms with Crippen LogP contribution in [0, 0.1) is 0 Å². The van der Waals surface area contributed by atoms with Crippen molar-refractivity contribution >= 4 is 24.9 Å². The van der Waals surface area contributed by atoms with Crippen LogP contribution in [-0.2, 0) is 17.6 Å². The van der Waals surface area contributed by atoms with Gasteiger partial charge in [-0.05, 0) is 0 Å². The van der Waals surface area contributed by atoms with E-state index in [9.17, 15) is 4.79 Å². The number of carbonyl (C=O) groups is 1. The molecule has 0 saturated carbocycles. The molecule has 9 heavy (non-hydrogen) atoms. The lowest BCUT2D eigenvalue weighted by molar-refractivity contribution is -0.774. The Labute approximate surface area is 57.6 Å². The molecule has 1 amide bonds. The van der Waals surface area contributed by atoms with Gasteiger partial charge in [0.05, 0.1) is 0 Å². The summed E-state index contributed by atoms with van der Waals surface area (Å²) >= 11 is 4.66. The van der Waals surface area contributed by atoms with Crippen LogP contribution in [0.5, 0.6) is 0 Å². The van der Waals surface area contributed by atoms with E-state index in [1.54, 1.807) is 0 Å². The maximum absolute atomic E-state index is 10.5. The van der Waals surface area contributed by atoms with Gasteiger partial charge in [-0.3, -0.25) is 4.79 Å². The van der Waals surface area contributed by atoms with Gasteiger partial charge in [0.2, 0.25) is 0 Å². The van der Waals surface area contributed by atoms with E-state index in [4.69, 9.17) is 5.84 Å². The molecule has 1 aliphatic rings. The van der Waals surface area contributed by atoms with Crippen molar-refractivity contribution in [3.8, 4) is 0 Å². The summed E-state index contributed by atoms with van der Waals surface area (Å²) in [4.78, 5) is 10.5. The van der Waals surface area contributed by atoms with Crippen LogP contribution in [0.1, 0.15) is 0 Å². The van der Waals surface area contributed by atoms with Crippen molar-refractivity contribution in [2.45, 2.75) is 0 Å². The van der Waals surface area contributed by atoms with E-state index in [2.05, 4.69) is 17.9 Å². The van der Waals surface area contributed by atoms with Gasteiger partial charge in [0, 0.05) is 0 Å². The second kappa shape index (κ2) is 2.34. The van der Waals surface area contributed by atoms with E-state index in [-0.39, 0.29) is 12.6 Å². The van der Waals surface area contributed by atoms with Crippen molar-refractivity contribution in [2.24, 2.45) is 10.9 Å². The predicted molar refractivity (Wildman–Crippen MR) is 32.7 cm³/mol. The molecule has 0 aromatic heterocycles. The van der Waals surface area contributed by atoms with Gasteiger partial charge in [-0.2, -0.15) is 0 Å². The summed E-state index contributed by atoms with van der Waals surface area (Å²) < 4.78 is 0.442. The lowest BCUT2D eigenvalue weighted by Gasteiger charge is -2.24. The van der Waals surface area contributed by atoms with E-state index in [0.717, 1.165) is 11.2 Å². The van der Waals surface area contributed by atoms with Crippen molar-refractivity contribution in [1.82, 2.24) is 5.01 Å². The highest BCUT2D eigenvalue weighted by atomic mass is 32.1. The van der Waals surface area contributed by atoms with Gasteiger partial charge in [-0.1, -0.05) is 0 Å². The molecular weight excluding hydrogens is 140 g/mol. The first-order valence-electron chi connectivity index (χ1n) is 2.33. The normalized spacial score (nSPS) is 27.1. The van der Waals surface area contributed by atoms with Gasteiger partial charge < -0.3 is 17.2 Å². The summed E-state index contributed by atoms with van der Waals surface area (Å²) in [5.41, 5.74) is 0. The van der Waals surface area contributed by atoms with Gasteiger partial charge >= 0.3 is 0 Å². The van der Waals surface area contributed by atoms with Gasteiger partial charge in [-0.25, -0.2) is 10.9 Å². The zero-order valence-electron chi connectivity index (χ0n) is 4.57. The molecule has 0 spiro atoms. The van der Waals surface area contributed by atoms with Crippen LogP contribution in [0.3, 0.4) is 0 Å². The Hall–Kier alpha value is -0.590. The first-order chi connectivity index (χ1) is 4.20. The molecule has 6 heteroatoms. The van der Waals surface area contributed by atoms with Gasteiger partial charge in [0.15, 0.2) is 6.67 Å². The molecule has 0 aromatic rings. The fourth-order valence-corrected chi connectivity index (χ4v) is 0.658. The third-order valence-electron chi connectivity index (χ3n) is 0.908. The Morgan fingerprint density at radius 1 is 2.00 bits per heavy atom. The van der Waals surface area contributed by atoms with Crippen molar-refractivity contribution in [2.75, 3.05) is 6.67 Å². The van der Waals surface area contributed by atoms with Crippen molar-refractivity contribution in [3.05, 3.63) is 0 Å². The second-order valence-corrected chi connectivity index (χ2v) is 2.09. The van der Waals surface area contributed by atoms with E-state index >= 15 is 0 Å². The number of hydrogen-bond donors (Lipinski definition) is 2. The number of rotatable bonds is 0. The van der Waals surface area contributed by atoms with E-state index in [1.165, 1.54) is 0 Å². The quantitative estimate of drug-likeness (QED) is 0.217. The van der Waals surface area contributed by atoms with Crippen LogP contribution in [-0.4, -0.2) is 23.8 Å². The summed E-state index contributed by atoms with van der Waals surface area (Å²) in [7, 11) is 0. The monoisotopic (exact) mass is 146 g/mol. The highest BCUT2D eigenvalue weighted by molar-refractivity contribution is 7.51. The number of nitrogens with one attached hydrogen (secondary N) is 1. The van der Waals surface area contributed by atoms with Gasteiger partial charge in [-0.15, -0.1) is 5.10 Å². The number of nitrogens with zero attached hydrogens (tertiary/aromatic N) is 2. The van der Waals surface area contributed by atoms with Crippen molar-refractivity contribution in [1.29, 1.82) is 0 Å². The Balaban J connectivity index is 2.65. The lowest BCUT2D eigenvalue weighted by Crippen LogP contribution is -3.06. The SMILES string of the molecule is NN1C[NH+]([S-])N=CC1=O. The number of quaternary nitrogens is 1. The number of hydrazine groups is 1. The van der Waals surface area contributed by atoms with Crippen LogP contribution in [0.2, 0.25) is 0 Å². The number of nitrogens with two attached hydrogens (primary N) is 1. The summed E-state index contributed by atoms with van der Waals surface area (Å²) in [6, 6.07) is 0. The third-order valence-corrected chi connectivity index (χ3v) is 1.14. The van der Waals surface area contributed by atoms with E-state index in [1.807, 2.05) is 0 Å². The van der Waals surface area contributed by atoms with Crippen LogP contribution in [0.25, 0.3) is 0 Å². The molecule has 3 N–H and O–H groups in total. The van der Waals surface area contributed by atoms with Crippen molar-refractivity contribution in [3.63, 3.8) is 0 Å². The molecule has 0 fully saturated rings. The summed E-state index contributed by atoms with van der Waals surface area (Å²) in [6.45, 7) is 0.255. The molecule has 1 atom stereocenters. The highest BCUT2D eigenvalue weighted by Gasteiger charge is 2.13. The molecule has 1 aliphatic heterocycles. The summed E-state index contributed by atoms with van der Waals surface area (Å²) in [6.07, 6.45) is 1.12. The van der Waals surface area contributed by atoms with Crippen molar-refractivity contribution < 1.29 is 9.21 Å². The van der Waals surface area contributed by atoms with Crippen LogP contribution >= 0.6 is 0 Å². The van der Waals surface area contributed by atoms with E-state index < -0.39 is 0 Å². The maximum atomic E-state index is 10.5. The number of hydrogen-bond acceptors (Lipinski definition) is 4. The Kier molecular flexibility index (Phi) is 1.70. The Morgan fingerprint density at radius 3 is 3.11 bits per heavy atom. The smallest absolute Gasteiger partial charge is 0.288 e. The molecule has 0 aliphatic carbocycles. The zero-order chi connectivity index (χ0) is 6.85. The standard InChI is InChI=1S/C3H6N4OS/c4-6-2-7(9)5-1-3(6)8/h1,7H,2,4H2. The largest absolute Gasteiger partial charge is 0.461 e. The molecule has 50 valence electrons. The van der Waals surface area contributed by atoms with Gasteiger partial charge in [0.1, 0.15) is 6.21 Å². The summed E-state index contributed by atoms with van der Waals surface area (Å²) in [5, 5.41) is 4.62.